The number of nitrogens with one attached hydrogen (secondary N) is 1. The van der Waals surface area contributed by atoms with Crippen LogP contribution >= 0.6 is 11.3 Å². The molecule has 3 heteroatoms. The summed E-state index contributed by atoms with van der Waals surface area (Å²) in [5, 5.41) is 3.54. The third-order valence-electron chi connectivity index (χ3n) is 3.65. The maximum Gasteiger partial charge on any atom is 0.0300 e. The SMILES string of the molecule is CCC1CCN(CCNCc2ccc(C)s2)C1. The maximum absolute atomic E-state index is 3.54. The lowest BCUT2D eigenvalue weighted by Crippen LogP contribution is -2.30. The van der Waals surface area contributed by atoms with E-state index in [-0.39, 0.29) is 0 Å². The zero-order valence-electron chi connectivity index (χ0n) is 11.0. The van der Waals surface area contributed by atoms with Crippen molar-refractivity contribution in [2.75, 3.05) is 26.2 Å². The van der Waals surface area contributed by atoms with Crippen LogP contribution in [0.1, 0.15) is 29.5 Å². The van der Waals surface area contributed by atoms with Gasteiger partial charge in [-0.05, 0) is 37.9 Å². The van der Waals surface area contributed by atoms with Gasteiger partial charge in [-0.25, -0.2) is 0 Å². The molecule has 96 valence electrons. The number of aryl methyl sites for hydroxylation is 1. The topological polar surface area (TPSA) is 15.3 Å². The molecule has 0 spiro atoms. The molecule has 2 rings (SSSR count). The van der Waals surface area contributed by atoms with Crippen LogP contribution in [-0.2, 0) is 6.54 Å². The minimum atomic E-state index is 0.954. The van der Waals surface area contributed by atoms with E-state index < -0.39 is 0 Å². The van der Waals surface area contributed by atoms with Gasteiger partial charge in [0.25, 0.3) is 0 Å². The van der Waals surface area contributed by atoms with E-state index in [1.807, 2.05) is 11.3 Å². The Morgan fingerprint density at radius 3 is 3.00 bits per heavy atom. The summed E-state index contributed by atoms with van der Waals surface area (Å²) in [4.78, 5) is 5.46. The molecule has 2 heterocycles. The predicted molar refractivity (Wildman–Crippen MR) is 75.6 cm³/mol. The molecule has 0 saturated carbocycles. The summed E-state index contributed by atoms with van der Waals surface area (Å²) < 4.78 is 0. The molecule has 2 nitrogen and oxygen atoms in total. The lowest BCUT2D eigenvalue weighted by atomic mass is 10.1. The first kappa shape index (κ1) is 13.1. The molecule has 0 radical (unpaired) electrons. The Morgan fingerprint density at radius 2 is 2.35 bits per heavy atom. The van der Waals surface area contributed by atoms with E-state index >= 15 is 0 Å². The quantitative estimate of drug-likeness (QED) is 0.783. The second-order valence-corrected chi connectivity index (χ2v) is 6.43. The van der Waals surface area contributed by atoms with E-state index in [4.69, 9.17) is 0 Å². The Hall–Kier alpha value is -0.380. The van der Waals surface area contributed by atoms with Gasteiger partial charge in [0, 0.05) is 35.9 Å². The standard InChI is InChI=1S/C14H24N2S/c1-3-13-6-8-16(11-13)9-7-15-10-14-5-4-12(2)17-14/h4-5,13,15H,3,6-11H2,1-2H3. The van der Waals surface area contributed by atoms with Crippen LogP contribution in [0.2, 0.25) is 0 Å². The summed E-state index contributed by atoms with van der Waals surface area (Å²) in [6.07, 6.45) is 2.75. The monoisotopic (exact) mass is 252 g/mol. The van der Waals surface area contributed by atoms with E-state index in [0.29, 0.717) is 0 Å². The molecule has 1 fully saturated rings. The van der Waals surface area contributed by atoms with Crippen LogP contribution in [0.15, 0.2) is 12.1 Å². The minimum absolute atomic E-state index is 0.954. The molecule has 0 aliphatic carbocycles. The van der Waals surface area contributed by atoms with Gasteiger partial charge in [-0.1, -0.05) is 13.3 Å². The van der Waals surface area contributed by atoms with E-state index in [0.717, 1.165) is 19.0 Å². The fourth-order valence-corrected chi connectivity index (χ4v) is 3.34. The number of hydrogen-bond acceptors (Lipinski definition) is 3. The zero-order chi connectivity index (χ0) is 12.1. The number of likely N-dealkylation sites (tertiary alicyclic amines) is 1. The average molecular weight is 252 g/mol. The summed E-state index contributed by atoms with van der Waals surface area (Å²) in [7, 11) is 0. The van der Waals surface area contributed by atoms with Crippen LogP contribution in [-0.4, -0.2) is 31.1 Å². The van der Waals surface area contributed by atoms with Gasteiger partial charge in [0.1, 0.15) is 0 Å². The van der Waals surface area contributed by atoms with Crippen LogP contribution in [0.4, 0.5) is 0 Å². The van der Waals surface area contributed by atoms with Gasteiger partial charge in [-0.15, -0.1) is 11.3 Å². The highest BCUT2D eigenvalue weighted by atomic mass is 32.1. The maximum atomic E-state index is 3.54. The van der Waals surface area contributed by atoms with Crippen molar-refractivity contribution < 1.29 is 0 Å². The second kappa shape index (κ2) is 6.53. The normalized spacial score (nSPS) is 21.2. The number of nitrogens with zero attached hydrogens (tertiary/aromatic N) is 1. The van der Waals surface area contributed by atoms with Crippen LogP contribution in [0.25, 0.3) is 0 Å². The Bertz CT molecular complexity index is 335. The highest BCUT2D eigenvalue weighted by molar-refractivity contribution is 7.11. The molecular formula is C14H24N2S. The van der Waals surface area contributed by atoms with E-state index in [9.17, 15) is 0 Å². The molecular weight excluding hydrogens is 228 g/mol. The highest BCUT2D eigenvalue weighted by Gasteiger charge is 2.19. The van der Waals surface area contributed by atoms with Crippen molar-refractivity contribution in [1.29, 1.82) is 0 Å². The first-order valence-corrected chi connectivity index (χ1v) is 7.58. The Balaban J connectivity index is 1.57. The molecule has 1 saturated heterocycles. The first-order chi connectivity index (χ1) is 8.28. The smallest absolute Gasteiger partial charge is 0.0300 e. The molecule has 1 aromatic rings. The number of hydrogen-bond donors (Lipinski definition) is 1. The molecule has 1 unspecified atom stereocenters. The van der Waals surface area contributed by atoms with Crippen molar-refractivity contribution >= 4 is 11.3 Å². The number of rotatable bonds is 6. The Labute approximate surface area is 109 Å². The van der Waals surface area contributed by atoms with Gasteiger partial charge in [0.2, 0.25) is 0 Å². The molecule has 0 amide bonds. The van der Waals surface area contributed by atoms with Crippen molar-refractivity contribution in [3.05, 3.63) is 21.9 Å². The summed E-state index contributed by atoms with van der Waals surface area (Å²) >= 11 is 1.90. The first-order valence-electron chi connectivity index (χ1n) is 6.76. The van der Waals surface area contributed by atoms with Crippen LogP contribution < -0.4 is 5.32 Å². The fraction of sp³-hybridized carbons (Fsp3) is 0.714. The second-order valence-electron chi connectivity index (χ2n) is 5.05. The lowest BCUT2D eigenvalue weighted by molar-refractivity contribution is 0.320. The molecule has 1 aromatic heterocycles. The van der Waals surface area contributed by atoms with Gasteiger partial charge < -0.3 is 10.2 Å². The van der Waals surface area contributed by atoms with Crippen LogP contribution in [0, 0.1) is 12.8 Å². The van der Waals surface area contributed by atoms with E-state index in [1.165, 1.54) is 42.2 Å². The molecule has 17 heavy (non-hydrogen) atoms. The molecule has 1 aliphatic rings. The fourth-order valence-electron chi connectivity index (χ4n) is 2.48. The van der Waals surface area contributed by atoms with Crippen molar-refractivity contribution in [3.8, 4) is 0 Å². The average Bonchev–Trinajstić information content (AvgIpc) is 2.93. The van der Waals surface area contributed by atoms with E-state index in [2.05, 4.69) is 36.2 Å². The predicted octanol–water partition coefficient (Wildman–Crippen LogP) is 2.88. The number of thiophene rings is 1. The summed E-state index contributed by atoms with van der Waals surface area (Å²) in [6, 6.07) is 4.43. The van der Waals surface area contributed by atoms with Gasteiger partial charge in [-0.2, -0.15) is 0 Å². The lowest BCUT2D eigenvalue weighted by Gasteiger charge is -2.15. The largest absolute Gasteiger partial charge is 0.311 e. The third-order valence-corrected chi connectivity index (χ3v) is 4.65. The highest BCUT2D eigenvalue weighted by Crippen LogP contribution is 2.18. The Morgan fingerprint density at radius 1 is 1.47 bits per heavy atom. The summed E-state index contributed by atoms with van der Waals surface area (Å²) in [5.74, 6) is 0.954. The molecule has 1 atom stereocenters. The summed E-state index contributed by atoms with van der Waals surface area (Å²) in [5.41, 5.74) is 0. The van der Waals surface area contributed by atoms with Crippen molar-refractivity contribution in [1.82, 2.24) is 10.2 Å². The van der Waals surface area contributed by atoms with Gasteiger partial charge in [0.05, 0.1) is 0 Å². The minimum Gasteiger partial charge on any atom is -0.311 e. The van der Waals surface area contributed by atoms with E-state index in [1.54, 1.807) is 0 Å². The molecule has 1 aliphatic heterocycles. The molecule has 1 N–H and O–H groups in total. The van der Waals surface area contributed by atoms with Gasteiger partial charge in [-0.3, -0.25) is 0 Å². The zero-order valence-corrected chi connectivity index (χ0v) is 11.9. The molecule has 0 aromatic carbocycles. The summed E-state index contributed by atoms with van der Waals surface area (Å²) in [6.45, 7) is 10.5. The van der Waals surface area contributed by atoms with Gasteiger partial charge >= 0.3 is 0 Å². The third kappa shape index (κ3) is 4.09. The van der Waals surface area contributed by atoms with Crippen molar-refractivity contribution in [2.45, 2.75) is 33.2 Å². The van der Waals surface area contributed by atoms with Crippen LogP contribution in [0.5, 0.6) is 0 Å². The molecule has 0 bridgehead atoms. The van der Waals surface area contributed by atoms with Crippen molar-refractivity contribution in [2.24, 2.45) is 5.92 Å². The Kier molecular flexibility index (Phi) is 5.01. The van der Waals surface area contributed by atoms with Crippen LogP contribution in [0.3, 0.4) is 0 Å². The van der Waals surface area contributed by atoms with Gasteiger partial charge in [0.15, 0.2) is 0 Å². The van der Waals surface area contributed by atoms with Crippen molar-refractivity contribution in [3.63, 3.8) is 0 Å².